The topological polar surface area (TPSA) is 73.6 Å². The number of nitriles is 1. The zero-order valence-corrected chi connectivity index (χ0v) is 9.93. The van der Waals surface area contributed by atoms with E-state index < -0.39 is 23.8 Å². The van der Waals surface area contributed by atoms with E-state index in [1.165, 1.54) is 4.90 Å². The van der Waals surface area contributed by atoms with Crippen LogP contribution in [0.5, 0.6) is 0 Å². The molecule has 1 N–H and O–H groups in total. The Balaban J connectivity index is 2.65. The number of carbonyl (C=O) groups is 1. The quantitative estimate of drug-likeness (QED) is 0.683. The second-order valence-corrected chi connectivity index (χ2v) is 4.96. The van der Waals surface area contributed by atoms with Gasteiger partial charge in [0.1, 0.15) is 5.60 Å². The van der Waals surface area contributed by atoms with Crippen LogP contribution in [0.15, 0.2) is 0 Å². The fourth-order valence-electron chi connectivity index (χ4n) is 1.75. The van der Waals surface area contributed by atoms with E-state index in [1.807, 2.05) is 0 Å². The van der Waals surface area contributed by atoms with Gasteiger partial charge in [0.2, 0.25) is 0 Å². The second kappa shape index (κ2) is 4.71. The molecule has 0 aromatic heterocycles. The van der Waals surface area contributed by atoms with Crippen molar-refractivity contribution in [1.29, 1.82) is 5.26 Å². The average Bonchev–Trinajstić information content (AvgIpc) is 2.62. The molecule has 90 valence electrons. The molecule has 0 aromatic rings. The van der Waals surface area contributed by atoms with Crippen LogP contribution in [-0.4, -0.2) is 40.4 Å². The molecule has 0 saturated carbocycles. The first-order valence-corrected chi connectivity index (χ1v) is 5.42. The maximum absolute atomic E-state index is 11.8. The lowest BCUT2D eigenvalue weighted by molar-refractivity contribution is 0.0122. The SMILES string of the molecule is CC(C)(C)OC(=O)N1CCC[C@@H]1C(O)C#N. The maximum Gasteiger partial charge on any atom is 0.410 e. The van der Waals surface area contributed by atoms with Gasteiger partial charge in [-0.1, -0.05) is 0 Å². The predicted molar refractivity (Wildman–Crippen MR) is 57.6 cm³/mol. The molecule has 1 rings (SSSR count). The molecule has 2 atom stereocenters. The molecular formula is C11H18N2O3. The average molecular weight is 226 g/mol. The summed E-state index contributed by atoms with van der Waals surface area (Å²) in [6.07, 6.45) is -0.143. The number of aliphatic hydroxyl groups excluding tert-OH is 1. The van der Waals surface area contributed by atoms with Crippen molar-refractivity contribution < 1.29 is 14.6 Å². The van der Waals surface area contributed by atoms with Crippen molar-refractivity contribution in [3.8, 4) is 6.07 Å². The normalized spacial score (nSPS) is 22.7. The lowest BCUT2D eigenvalue weighted by atomic mass is 10.1. The number of ether oxygens (including phenoxy) is 1. The van der Waals surface area contributed by atoms with Gasteiger partial charge in [-0.15, -0.1) is 0 Å². The number of amides is 1. The summed E-state index contributed by atoms with van der Waals surface area (Å²) >= 11 is 0. The Morgan fingerprint density at radius 3 is 2.75 bits per heavy atom. The van der Waals surface area contributed by atoms with Crippen molar-refractivity contribution >= 4 is 6.09 Å². The Hall–Kier alpha value is -1.28. The summed E-state index contributed by atoms with van der Waals surface area (Å²) in [5.74, 6) is 0. The van der Waals surface area contributed by atoms with Gasteiger partial charge in [0, 0.05) is 6.54 Å². The molecule has 5 nitrogen and oxygen atoms in total. The van der Waals surface area contributed by atoms with Crippen LogP contribution < -0.4 is 0 Å². The molecule has 1 saturated heterocycles. The number of nitrogens with zero attached hydrogens (tertiary/aromatic N) is 2. The molecule has 0 aliphatic carbocycles. The maximum atomic E-state index is 11.8. The van der Waals surface area contributed by atoms with Gasteiger partial charge >= 0.3 is 6.09 Å². The molecule has 1 heterocycles. The third-order valence-electron chi connectivity index (χ3n) is 2.42. The summed E-state index contributed by atoms with van der Waals surface area (Å²) < 4.78 is 5.21. The van der Waals surface area contributed by atoms with Crippen LogP contribution in [0, 0.1) is 11.3 Å². The molecule has 0 spiro atoms. The van der Waals surface area contributed by atoms with Crippen molar-refractivity contribution in [2.45, 2.75) is 51.4 Å². The van der Waals surface area contributed by atoms with Crippen LogP contribution >= 0.6 is 0 Å². The monoisotopic (exact) mass is 226 g/mol. The number of hydrogen-bond donors (Lipinski definition) is 1. The van der Waals surface area contributed by atoms with Gasteiger partial charge in [0.05, 0.1) is 12.1 Å². The van der Waals surface area contributed by atoms with E-state index in [1.54, 1.807) is 26.8 Å². The Morgan fingerprint density at radius 1 is 1.62 bits per heavy atom. The smallest absolute Gasteiger partial charge is 0.410 e. The van der Waals surface area contributed by atoms with Gasteiger partial charge < -0.3 is 14.7 Å². The van der Waals surface area contributed by atoms with Crippen LogP contribution in [0.3, 0.4) is 0 Å². The van der Waals surface area contributed by atoms with E-state index in [0.717, 1.165) is 6.42 Å². The van der Waals surface area contributed by atoms with Gasteiger partial charge in [-0.3, -0.25) is 0 Å². The summed E-state index contributed by atoms with van der Waals surface area (Å²) in [6.45, 7) is 5.91. The summed E-state index contributed by atoms with van der Waals surface area (Å²) in [6, 6.07) is 1.33. The fourth-order valence-corrected chi connectivity index (χ4v) is 1.75. The highest BCUT2D eigenvalue weighted by Crippen LogP contribution is 2.22. The van der Waals surface area contributed by atoms with Gasteiger partial charge in [0.25, 0.3) is 0 Å². The first-order valence-electron chi connectivity index (χ1n) is 5.42. The molecule has 1 aliphatic rings. The van der Waals surface area contributed by atoms with Crippen molar-refractivity contribution in [2.24, 2.45) is 0 Å². The molecule has 1 amide bonds. The van der Waals surface area contributed by atoms with E-state index in [0.29, 0.717) is 13.0 Å². The minimum atomic E-state index is -1.13. The van der Waals surface area contributed by atoms with Gasteiger partial charge in [-0.05, 0) is 33.6 Å². The first kappa shape index (κ1) is 12.8. The van der Waals surface area contributed by atoms with E-state index in [2.05, 4.69) is 0 Å². The van der Waals surface area contributed by atoms with Crippen LogP contribution in [0.4, 0.5) is 4.79 Å². The largest absolute Gasteiger partial charge is 0.444 e. The zero-order chi connectivity index (χ0) is 12.3. The molecule has 0 bridgehead atoms. The zero-order valence-electron chi connectivity index (χ0n) is 9.93. The number of rotatable bonds is 1. The highest BCUT2D eigenvalue weighted by Gasteiger charge is 2.36. The lowest BCUT2D eigenvalue weighted by Gasteiger charge is -2.29. The highest BCUT2D eigenvalue weighted by molar-refractivity contribution is 5.69. The van der Waals surface area contributed by atoms with E-state index in [9.17, 15) is 9.90 Å². The predicted octanol–water partition coefficient (Wildman–Crippen LogP) is 1.27. The third-order valence-corrected chi connectivity index (χ3v) is 2.42. The van der Waals surface area contributed by atoms with Crippen molar-refractivity contribution in [3.05, 3.63) is 0 Å². The minimum absolute atomic E-state index is 0.431. The number of aliphatic hydroxyl groups is 1. The lowest BCUT2D eigenvalue weighted by Crippen LogP contribution is -2.44. The van der Waals surface area contributed by atoms with Crippen molar-refractivity contribution in [3.63, 3.8) is 0 Å². The van der Waals surface area contributed by atoms with Crippen molar-refractivity contribution in [2.75, 3.05) is 6.54 Å². The van der Waals surface area contributed by atoms with Crippen LogP contribution in [0.2, 0.25) is 0 Å². The summed E-state index contributed by atoms with van der Waals surface area (Å²) in [4.78, 5) is 13.2. The number of carbonyl (C=O) groups excluding carboxylic acids is 1. The number of hydrogen-bond acceptors (Lipinski definition) is 4. The van der Waals surface area contributed by atoms with Gasteiger partial charge in [-0.25, -0.2) is 4.79 Å². The van der Waals surface area contributed by atoms with Crippen LogP contribution in [0.25, 0.3) is 0 Å². The Kier molecular flexibility index (Phi) is 3.76. The Morgan fingerprint density at radius 2 is 2.25 bits per heavy atom. The van der Waals surface area contributed by atoms with E-state index >= 15 is 0 Å². The first-order chi connectivity index (χ1) is 7.35. The molecule has 16 heavy (non-hydrogen) atoms. The molecule has 0 aromatic carbocycles. The Bertz CT molecular complexity index is 303. The molecule has 1 unspecified atom stereocenters. The minimum Gasteiger partial charge on any atom is -0.444 e. The summed E-state index contributed by atoms with van der Waals surface area (Å²) in [5.41, 5.74) is -0.554. The van der Waals surface area contributed by atoms with Crippen LogP contribution in [0.1, 0.15) is 33.6 Å². The summed E-state index contributed by atoms with van der Waals surface area (Å²) in [7, 11) is 0. The number of likely N-dealkylation sites (tertiary alicyclic amines) is 1. The van der Waals surface area contributed by atoms with Crippen molar-refractivity contribution in [1.82, 2.24) is 4.90 Å². The standard InChI is InChI=1S/C11H18N2O3/c1-11(2,3)16-10(15)13-6-4-5-8(13)9(14)7-12/h8-9,14H,4-6H2,1-3H3/t8-,9?/m1/s1. The molecule has 1 fully saturated rings. The fraction of sp³-hybridized carbons (Fsp3) is 0.818. The van der Waals surface area contributed by atoms with Crippen LogP contribution in [-0.2, 0) is 4.74 Å². The Labute approximate surface area is 95.6 Å². The van der Waals surface area contributed by atoms with E-state index in [4.69, 9.17) is 10.00 Å². The molecular weight excluding hydrogens is 208 g/mol. The molecule has 1 aliphatic heterocycles. The molecule has 5 heteroatoms. The molecule has 0 radical (unpaired) electrons. The highest BCUT2D eigenvalue weighted by atomic mass is 16.6. The third kappa shape index (κ3) is 3.11. The van der Waals surface area contributed by atoms with Gasteiger partial charge in [0.15, 0.2) is 6.10 Å². The second-order valence-electron chi connectivity index (χ2n) is 4.96. The summed E-state index contributed by atoms with van der Waals surface area (Å²) in [5, 5.41) is 18.1. The van der Waals surface area contributed by atoms with E-state index in [-0.39, 0.29) is 0 Å². The van der Waals surface area contributed by atoms with Gasteiger partial charge in [-0.2, -0.15) is 5.26 Å².